The summed E-state index contributed by atoms with van der Waals surface area (Å²) in [6.07, 6.45) is 1.58. The summed E-state index contributed by atoms with van der Waals surface area (Å²) in [6, 6.07) is 12.8. The first-order valence-corrected chi connectivity index (χ1v) is 10.0. The Balaban J connectivity index is 1.85. The maximum Gasteiger partial charge on any atom is 0.255 e. The standard InChI is InChI=1S/C19H22N2O3S/c1-3-25(23,24)21-11-5-8-15-13-17(9-10-18(15)21)20-19(22)16-7-4-6-14(2)12-16/h4,6-7,9-10,12-13H,3,5,8,11H2,1-2H3,(H,20,22). The number of hydrogen-bond acceptors (Lipinski definition) is 3. The van der Waals surface area contributed by atoms with Crippen LogP contribution in [0.2, 0.25) is 0 Å². The summed E-state index contributed by atoms with van der Waals surface area (Å²) in [7, 11) is -3.27. The van der Waals surface area contributed by atoms with Crippen molar-refractivity contribution < 1.29 is 13.2 Å². The van der Waals surface area contributed by atoms with Crippen LogP contribution in [0.3, 0.4) is 0 Å². The van der Waals surface area contributed by atoms with Gasteiger partial charge in [0, 0.05) is 17.8 Å². The third-order valence-electron chi connectivity index (χ3n) is 4.39. The molecule has 1 amide bonds. The van der Waals surface area contributed by atoms with Crippen molar-refractivity contribution in [2.45, 2.75) is 26.7 Å². The fourth-order valence-electron chi connectivity index (χ4n) is 3.07. The monoisotopic (exact) mass is 358 g/mol. The predicted molar refractivity (Wildman–Crippen MR) is 101 cm³/mol. The lowest BCUT2D eigenvalue weighted by molar-refractivity contribution is 0.102. The highest BCUT2D eigenvalue weighted by Crippen LogP contribution is 2.31. The average Bonchev–Trinajstić information content (AvgIpc) is 2.61. The molecule has 0 unspecified atom stereocenters. The van der Waals surface area contributed by atoms with Gasteiger partial charge in [-0.3, -0.25) is 9.10 Å². The Morgan fingerprint density at radius 3 is 2.72 bits per heavy atom. The van der Waals surface area contributed by atoms with Gasteiger partial charge in [-0.15, -0.1) is 0 Å². The summed E-state index contributed by atoms with van der Waals surface area (Å²) in [5.41, 5.74) is 3.99. The number of nitrogens with one attached hydrogen (secondary N) is 1. The van der Waals surface area contributed by atoms with Crippen LogP contribution in [0, 0.1) is 6.92 Å². The van der Waals surface area contributed by atoms with E-state index in [1.54, 1.807) is 25.1 Å². The molecule has 0 aliphatic carbocycles. The van der Waals surface area contributed by atoms with Gasteiger partial charge in [-0.2, -0.15) is 0 Å². The molecule has 1 aliphatic heterocycles. The topological polar surface area (TPSA) is 66.5 Å². The molecule has 6 heteroatoms. The molecule has 0 aromatic heterocycles. The van der Waals surface area contributed by atoms with E-state index >= 15 is 0 Å². The zero-order valence-electron chi connectivity index (χ0n) is 14.5. The minimum Gasteiger partial charge on any atom is -0.322 e. The van der Waals surface area contributed by atoms with Crippen molar-refractivity contribution in [3.63, 3.8) is 0 Å². The molecule has 0 bridgehead atoms. The molecule has 0 fully saturated rings. The van der Waals surface area contributed by atoms with E-state index < -0.39 is 10.0 Å². The summed E-state index contributed by atoms with van der Waals surface area (Å²) in [5, 5.41) is 2.90. The minimum atomic E-state index is -3.27. The molecule has 0 saturated carbocycles. The number of hydrogen-bond donors (Lipinski definition) is 1. The molecule has 0 spiro atoms. The molecular formula is C19H22N2O3S. The first kappa shape index (κ1) is 17.5. The van der Waals surface area contributed by atoms with Crippen LogP contribution in [0.4, 0.5) is 11.4 Å². The zero-order chi connectivity index (χ0) is 18.0. The van der Waals surface area contributed by atoms with E-state index in [2.05, 4.69) is 5.32 Å². The quantitative estimate of drug-likeness (QED) is 0.911. The molecule has 1 heterocycles. The van der Waals surface area contributed by atoms with E-state index in [4.69, 9.17) is 0 Å². The highest BCUT2D eigenvalue weighted by Gasteiger charge is 2.26. The van der Waals surface area contributed by atoms with Gasteiger partial charge in [0.2, 0.25) is 10.0 Å². The van der Waals surface area contributed by atoms with E-state index in [-0.39, 0.29) is 11.7 Å². The smallest absolute Gasteiger partial charge is 0.255 e. The van der Waals surface area contributed by atoms with Gasteiger partial charge >= 0.3 is 0 Å². The average molecular weight is 358 g/mol. The fraction of sp³-hybridized carbons (Fsp3) is 0.316. The Morgan fingerprint density at radius 2 is 2.00 bits per heavy atom. The van der Waals surface area contributed by atoms with E-state index in [9.17, 15) is 13.2 Å². The van der Waals surface area contributed by atoms with Gasteiger partial charge < -0.3 is 5.32 Å². The van der Waals surface area contributed by atoms with E-state index in [1.165, 1.54) is 4.31 Å². The van der Waals surface area contributed by atoms with Crippen LogP contribution in [0.5, 0.6) is 0 Å². The van der Waals surface area contributed by atoms with Crippen LogP contribution < -0.4 is 9.62 Å². The van der Waals surface area contributed by atoms with Crippen LogP contribution in [0.1, 0.15) is 34.8 Å². The number of fused-ring (bicyclic) bond motifs is 1. The molecule has 0 saturated heterocycles. The Morgan fingerprint density at radius 1 is 1.20 bits per heavy atom. The third-order valence-corrected chi connectivity index (χ3v) is 6.17. The fourth-order valence-corrected chi connectivity index (χ4v) is 4.27. The zero-order valence-corrected chi connectivity index (χ0v) is 15.3. The van der Waals surface area contributed by atoms with Gasteiger partial charge in [0.05, 0.1) is 11.4 Å². The van der Waals surface area contributed by atoms with Gasteiger partial charge in [0.1, 0.15) is 0 Å². The van der Waals surface area contributed by atoms with Crippen molar-refractivity contribution in [2.75, 3.05) is 21.9 Å². The van der Waals surface area contributed by atoms with Crippen LogP contribution in [-0.4, -0.2) is 26.6 Å². The Bertz CT molecular complexity index is 907. The highest BCUT2D eigenvalue weighted by atomic mass is 32.2. The second-order valence-corrected chi connectivity index (χ2v) is 8.43. The Hall–Kier alpha value is -2.34. The maximum atomic E-state index is 12.4. The highest BCUT2D eigenvalue weighted by molar-refractivity contribution is 7.92. The van der Waals surface area contributed by atoms with E-state index in [1.807, 2.05) is 31.2 Å². The van der Waals surface area contributed by atoms with E-state index in [0.717, 1.165) is 29.7 Å². The number of rotatable bonds is 4. The lowest BCUT2D eigenvalue weighted by Crippen LogP contribution is -2.36. The largest absolute Gasteiger partial charge is 0.322 e. The molecule has 5 nitrogen and oxygen atoms in total. The predicted octanol–water partition coefficient (Wildman–Crippen LogP) is 3.35. The lowest BCUT2D eigenvalue weighted by atomic mass is 10.0. The molecular weight excluding hydrogens is 336 g/mol. The number of anilines is 2. The number of carbonyl (C=O) groups is 1. The summed E-state index contributed by atoms with van der Waals surface area (Å²) >= 11 is 0. The summed E-state index contributed by atoms with van der Waals surface area (Å²) in [6.45, 7) is 4.11. The molecule has 1 N–H and O–H groups in total. The molecule has 25 heavy (non-hydrogen) atoms. The molecule has 0 radical (unpaired) electrons. The number of aryl methyl sites for hydroxylation is 2. The molecule has 0 atom stereocenters. The number of sulfonamides is 1. The first-order chi connectivity index (χ1) is 11.9. The van der Waals surface area contributed by atoms with Crippen molar-refractivity contribution in [1.82, 2.24) is 0 Å². The molecule has 1 aliphatic rings. The molecule has 3 rings (SSSR count). The van der Waals surface area contributed by atoms with E-state index in [0.29, 0.717) is 17.8 Å². The van der Waals surface area contributed by atoms with Crippen molar-refractivity contribution in [3.8, 4) is 0 Å². The second-order valence-electron chi connectivity index (χ2n) is 6.24. The maximum absolute atomic E-state index is 12.4. The summed E-state index contributed by atoms with van der Waals surface area (Å²) < 4.78 is 26.0. The normalized spacial score (nSPS) is 14.1. The van der Waals surface area contributed by atoms with Gasteiger partial charge in [0.15, 0.2) is 0 Å². The lowest BCUT2D eigenvalue weighted by Gasteiger charge is -2.30. The van der Waals surface area contributed by atoms with Crippen LogP contribution in [-0.2, 0) is 16.4 Å². The second kappa shape index (κ2) is 6.88. The minimum absolute atomic E-state index is 0.0816. The third kappa shape index (κ3) is 3.69. The first-order valence-electron chi connectivity index (χ1n) is 8.42. The number of carbonyl (C=O) groups excluding carboxylic acids is 1. The van der Waals surface area contributed by atoms with Gasteiger partial charge in [-0.1, -0.05) is 17.7 Å². The van der Waals surface area contributed by atoms with Crippen molar-refractivity contribution in [1.29, 1.82) is 0 Å². The van der Waals surface area contributed by atoms with Crippen molar-refractivity contribution >= 4 is 27.3 Å². The summed E-state index contributed by atoms with van der Waals surface area (Å²) in [4.78, 5) is 12.4. The van der Waals surface area contributed by atoms with Crippen LogP contribution >= 0.6 is 0 Å². The number of amides is 1. The Kier molecular flexibility index (Phi) is 4.81. The summed E-state index contributed by atoms with van der Waals surface area (Å²) in [5.74, 6) is -0.0874. The SMILES string of the molecule is CCS(=O)(=O)N1CCCc2cc(NC(=O)c3cccc(C)c3)ccc21. The van der Waals surface area contributed by atoms with Crippen LogP contribution in [0.25, 0.3) is 0 Å². The Labute approximate surface area is 148 Å². The molecule has 2 aromatic rings. The van der Waals surface area contributed by atoms with Crippen molar-refractivity contribution in [3.05, 3.63) is 59.2 Å². The van der Waals surface area contributed by atoms with Gasteiger partial charge in [-0.25, -0.2) is 8.42 Å². The van der Waals surface area contributed by atoms with Crippen LogP contribution in [0.15, 0.2) is 42.5 Å². The van der Waals surface area contributed by atoms with Gasteiger partial charge in [0.25, 0.3) is 5.91 Å². The number of benzene rings is 2. The number of nitrogens with zero attached hydrogens (tertiary/aromatic N) is 1. The van der Waals surface area contributed by atoms with Gasteiger partial charge in [-0.05, 0) is 62.6 Å². The molecule has 2 aromatic carbocycles. The van der Waals surface area contributed by atoms with Crippen molar-refractivity contribution in [2.24, 2.45) is 0 Å². The molecule has 132 valence electrons.